The fraction of sp³-hybridized carbons (Fsp3) is 0.471. The van der Waals surface area contributed by atoms with Gasteiger partial charge in [-0.1, -0.05) is 39.0 Å². The minimum Gasteiger partial charge on any atom is -0.400 e. The molecule has 0 unspecified atom stereocenters. The summed E-state index contributed by atoms with van der Waals surface area (Å²) in [5.41, 5.74) is -1.21. The van der Waals surface area contributed by atoms with E-state index in [2.05, 4.69) is 27.4 Å². The average molecular weight is 335 g/mol. The maximum Gasteiger partial charge on any atom is 0.275 e. The fourth-order valence-corrected chi connectivity index (χ4v) is 3.61. The number of aldehydes is 1. The number of benzene rings is 1. The van der Waals surface area contributed by atoms with Crippen molar-refractivity contribution >= 4 is 20.3 Å². The van der Waals surface area contributed by atoms with Gasteiger partial charge in [-0.25, -0.2) is 0 Å². The Labute approximate surface area is 138 Å². The summed E-state index contributed by atoms with van der Waals surface area (Å²) in [6.07, 6.45) is 2.43. The highest BCUT2D eigenvalue weighted by Crippen LogP contribution is 2.44. The maximum atomic E-state index is 12.0. The third-order valence-electron chi connectivity index (χ3n) is 4.44. The average Bonchev–Trinajstić information content (AvgIpc) is 2.45. The molecule has 1 atom stereocenters. The first kappa shape index (κ1) is 19.3. The second-order valence-electron chi connectivity index (χ2n) is 7.14. The van der Waals surface area contributed by atoms with Gasteiger partial charge in [-0.05, 0) is 24.2 Å². The molecule has 0 heterocycles. The molecule has 1 aromatic carbocycles. The van der Waals surface area contributed by atoms with Crippen LogP contribution in [0.3, 0.4) is 0 Å². The molecule has 5 nitrogen and oxygen atoms in total. The van der Waals surface area contributed by atoms with Crippen LogP contribution in [-0.4, -0.2) is 19.5 Å². The van der Waals surface area contributed by atoms with Crippen molar-refractivity contribution in [3.63, 3.8) is 0 Å². The van der Waals surface area contributed by atoms with Gasteiger partial charge in [0.25, 0.3) is 5.69 Å². The van der Waals surface area contributed by atoms with E-state index in [1.165, 1.54) is 6.07 Å². The van der Waals surface area contributed by atoms with E-state index in [9.17, 15) is 14.9 Å². The molecule has 1 aromatic rings. The summed E-state index contributed by atoms with van der Waals surface area (Å²) in [4.78, 5) is 22.9. The van der Waals surface area contributed by atoms with Crippen molar-refractivity contribution in [2.24, 2.45) is 0 Å². The lowest BCUT2D eigenvalue weighted by Crippen LogP contribution is -2.49. The van der Waals surface area contributed by atoms with E-state index < -0.39 is 18.8 Å². The van der Waals surface area contributed by atoms with E-state index >= 15 is 0 Å². The molecule has 23 heavy (non-hydrogen) atoms. The van der Waals surface area contributed by atoms with Crippen molar-refractivity contribution in [2.75, 3.05) is 0 Å². The molecule has 0 aliphatic rings. The summed E-state index contributed by atoms with van der Waals surface area (Å²) in [5, 5.41) is 11.2. The number of nitro benzene ring substituents is 1. The number of hydrogen-bond donors (Lipinski definition) is 0. The van der Waals surface area contributed by atoms with E-state index in [0.717, 1.165) is 0 Å². The number of rotatable bonds is 7. The molecule has 0 bridgehead atoms. The van der Waals surface area contributed by atoms with Gasteiger partial charge in [-0.2, -0.15) is 0 Å². The summed E-state index contributed by atoms with van der Waals surface area (Å²) in [5.74, 6) is 0. The van der Waals surface area contributed by atoms with Crippen molar-refractivity contribution in [3.05, 3.63) is 52.6 Å². The Morgan fingerprint density at radius 2 is 1.87 bits per heavy atom. The van der Waals surface area contributed by atoms with E-state index in [-0.39, 0.29) is 22.7 Å². The monoisotopic (exact) mass is 335 g/mol. The minimum atomic E-state index is -2.34. The van der Waals surface area contributed by atoms with Crippen LogP contribution in [-0.2, 0) is 14.8 Å². The molecule has 1 rings (SSSR count). The van der Waals surface area contributed by atoms with Crippen molar-refractivity contribution in [1.29, 1.82) is 0 Å². The van der Waals surface area contributed by atoms with Crippen LogP contribution in [0.25, 0.3) is 0 Å². The normalized spacial score (nSPS) is 14.8. The Balaban J connectivity index is 3.54. The van der Waals surface area contributed by atoms with Crippen molar-refractivity contribution < 1.29 is 14.1 Å². The lowest BCUT2D eigenvalue weighted by Gasteiger charge is -2.43. The summed E-state index contributed by atoms with van der Waals surface area (Å²) in [6.45, 7) is 13.9. The third-order valence-corrected chi connectivity index (χ3v) is 8.93. The molecule has 0 aromatic heterocycles. The SMILES string of the molecule is C=CC[C@](C=O)(O[Si](C)(C)C(C)(C)C)c1ccccc1[N+](=O)[O-]. The molecule has 0 N–H and O–H groups in total. The van der Waals surface area contributed by atoms with Gasteiger partial charge in [0.15, 0.2) is 14.6 Å². The van der Waals surface area contributed by atoms with Crippen molar-refractivity contribution in [2.45, 2.75) is 50.9 Å². The summed E-state index contributed by atoms with van der Waals surface area (Å²) >= 11 is 0. The first-order valence-corrected chi connectivity index (χ1v) is 10.4. The molecule has 126 valence electrons. The van der Waals surface area contributed by atoms with E-state index in [1.807, 2.05) is 13.1 Å². The zero-order chi connectivity index (χ0) is 17.9. The van der Waals surface area contributed by atoms with Gasteiger partial charge in [0.05, 0.1) is 10.5 Å². The Kier molecular flexibility index (Phi) is 5.66. The number of hydrogen-bond acceptors (Lipinski definition) is 4. The van der Waals surface area contributed by atoms with Gasteiger partial charge in [0.2, 0.25) is 0 Å². The molecule has 0 amide bonds. The van der Waals surface area contributed by atoms with Crippen LogP contribution in [0.2, 0.25) is 18.1 Å². The largest absolute Gasteiger partial charge is 0.400 e. The van der Waals surface area contributed by atoms with E-state index in [0.29, 0.717) is 6.29 Å². The third kappa shape index (κ3) is 3.94. The maximum absolute atomic E-state index is 12.0. The Morgan fingerprint density at radius 3 is 2.30 bits per heavy atom. The Hall–Kier alpha value is -1.79. The first-order chi connectivity index (χ1) is 10.5. The fourth-order valence-electron chi connectivity index (χ4n) is 2.16. The van der Waals surface area contributed by atoms with Gasteiger partial charge in [0, 0.05) is 12.5 Å². The highest BCUT2D eigenvalue weighted by molar-refractivity contribution is 6.74. The molecule has 0 radical (unpaired) electrons. The second-order valence-corrected chi connectivity index (χ2v) is 11.9. The smallest absolute Gasteiger partial charge is 0.275 e. The molecule has 0 aliphatic carbocycles. The first-order valence-electron chi connectivity index (χ1n) is 7.52. The van der Waals surface area contributed by atoms with Crippen LogP contribution in [0, 0.1) is 10.1 Å². The minimum absolute atomic E-state index is 0.111. The number of carbonyl (C=O) groups is 1. The van der Waals surface area contributed by atoms with E-state index in [1.54, 1.807) is 24.3 Å². The number of carbonyl (C=O) groups excluding carboxylic acids is 1. The van der Waals surface area contributed by atoms with Crippen LogP contribution in [0.5, 0.6) is 0 Å². The van der Waals surface area contributed by atoms with Gasteiger partial charge in [0.1, 0.15) is 5.60 Å². The highest BCUT2D eigenvalue weighted by Gasteiger charge is 2.47. The van der Waals surface area contributed by atoms with E-state index in [4.69, 9.17) is 4.43 Å². The van der Waals surface area contributed by atoms with Gasteiger partial charge in [-0.15, -0.1) is 6.58 Å². The lowest BCUT2D eigenvalue weighted by atomic mass is 9.90. The highest BCUT2D eigenvalue weighted by atomic mass is 28.4. The summed E-state index contributed by atoms with van der Waals surface area (Å²) in [6, 6.07) is 6.24. The van der Waals surface area contributed by atoms with Crippen LogP contribution in [0.1, 0.15) is 32.8 Å². The Bertz CT molecular complexity index is 607. The summed E-state index contributed by atoms with van der Waals surface area (Å²) < 4.78 is 6.35. The number of nitrogens with zero attached hydrogens (tertiary/aromatic N) is 1. The standard InChI is InChI=1S/C17H25NO4Si/c1-7-12-17(13-19,22-23(5,6)16(2,3)4)14-10-8-9-11-15(14)18(20)21/h7-11,13H,1,12H2,2-6H3/t17-/m1/s1. The topological polar surface area (TPSA) is 69.4 Å². The molecular formula is C17H25NO4Si. The molecule has 0 spiro atoms. The quantitative estimate of drug-likeness (QED) is 0.240. The predicted molar refractivity (Wildman–Crippen MR) is 93.9 cm³/mol. The van der Waals surface area contributed by atoms with Crippen LogP contribution < -0.4 is 0 Å². The molecule has 0 fully saturated rings. The van der Waals surface area contributed by atoms with Crippen molar-refractivity contribution in [1.82, 2.24) is 0 Å². The zero-order valence-corrected chi connectivity index (χ0v) is 15.5. The second kappa shape index (κ2) is 6.76. The molecular weight excluding hydrogens is 310 g/mol. The Morgan fingerprint density at radius 1 is 1.30 bits per heavy atom. The van der Waals surface area contributed by atoms with Gasteiger partial charge >= 0.3 is 0 Å². The molecule has 0 saturated carbocycles. The van der Waals surface area contributed by atoms with Crippen LogP contribution in [0.4, 0.5) is 5.69 Å². The molecule has 6 heteroatoms. The van der Waals surface area contributed by atoms with Gasteiger partial charge in [-0.3, -0.25) is 14.9 Å². The van der Waals surface area contributed by atoms with Gasteiger partial charge < -0.3 is 4.43 Å². The molecule has 0 saturated heterocycles. The summed E-state index contributed by atoms with van der Waals surface area (Å²) in [7, 11) is -2.34. The predicted octanol–water partition coefficient (Wildman–Crippen LogP) is 4.59. The van der Waals surface area contributed by atoms with Crippen LogP contribution >= 0.6 is 0 Å². The molecule has 0 aliphatic heterocycles. The number of nitro groups is 1. The van der Waals surface area contributed by atoms with Crippen LogP contribution in [0.15, 0.2) is 36.9 Å². The zero-order valence-electron chi connectivity index (χ0n) is 14.5. The number of para-hydroxylation sites is 1. The lowest BCUT2D eigenvalue weighted by molar-refractivity contribution is -0.386. The van der Waals surface area contributed by atoms with Crippen molar-refractivity contribution in [3.8, 4) is 0 Å².